The average molecular weight is 243 g/mol. The molecular formula is C14H17N3O. The number of carbonyl (C=O) groups excluding carboxylic acids is 1. The van der Waals surface area contributed by atoms with Crippen LogP contribution in [0.3, 0.4) is 0 Å². The third kappa shape index (κ3) is 3.08. The topological polar surface area (TPSA) is 56.1 Å². The van der Waals surface area contributed by atoms with Crippen molar-refractivity contribution in [3.8, 4) is 6.07 Å². The van der Waals surface area contributed by atoms with Gasteiger partial charge in [0.1, 0.15) is 0 Å². The maximum Gasteiger partial charge on any atom is 0.227 e. The van der Waals surface area contributed by atoms with Crippen molar-refractivity contribution in [2.24, 2.45) is 5.92 Å². The van der Waals surface area contributed by atoms with Crippen molar-refractivity contribution in [1.29, 1.82) is 5.26 Å². The van der Waals surface area contributed by atoms with Crippen molar-refractivity contribution >= 4 is 11.6 Å². The predicted molar refractivity (Wildman–Crippen MR) is 70.0 cm³/mol. The van der Waals surface area contributed by atoms with E-state index in [1.54, 1.807) is 18.2 Å². The number of hydrogen-bond donors (Lipinski definition) is 1. The van der Waals surface area contributed by atoms with E-state index in [1.165, 1.54) is 0 Å². The van der Waals surface area contributed by atoms with E-state index in [-0.39, 0.29) is 11.8 Å². The highest BCUT2D eigenvalue weighted by atomic mass is 16.1. The standard InChI is InChI=1S/C14H17N3O/c1-17-7-5-12(6-8-17)14(18)16-13-4-2-3-11(9-13)10-15/h2-4,9,12H,5-8H2,1H3,(H,16,18). The summed E-state index contributed by atoms with van der Waals surface area (Å²) in [5, 5.41) is 11.7. The molecule has 1 aliphatic rings. The second-order valence-corrected chi connectivity index (χ2v) is 4.76. The molecule has 1 fully saturated rings. The number of hydrogen-bond acceptors (Lipinski definition) is 3. The molecule has 1 aliphatic heterocycles. The number of amides is 1. The molecule has 0 spiro atoms. The van der Waals surface area contributed by atoms with Gasteiger partial charge in [-0.3, -0.25) is 4.79 Å². The van der Waals surface area contributed by atoms with Crippen LogP contribution in [0.4, 0.5) is 5.69 Å². The molecule has 1 saturated heterocycles. The fourth-order valence-electron chi connectivity index (χ4n) is 2.18. The number of piperidine rings is 1. The molecule has 1 N–H and O–H groups in total. The van der Waals surface area contributed by atoms with Gasteiger partial charge in [0, 0.05) is 11.6 Å². The van der Waals surface area contributed by atoms with E-state index in [9.17, 15) is 4.79 Å². The van der Waals surface area contributed by atoms with Crippen LogP contribution in [0, 0.1) is 17.2 Å². The first-order valence-corrected chi connectivity index (χ1v) is 6.18. The molecule has 0 aromatic heterocycles. The Morgan fingerprint density at radius 1 is 1.44 bits per heavy atom. The Bertz CT molecular complexity index is 470. The number of nitrogens with zero attached hydrogens (tertiary/aromatic N) is 2. The molecular weight excluding hydrogens is 226 g/mol. The minimum Gasteiger partial charge on any atom is -0.326 e. The van der Waals surface area contributed by atoms with Gasteiger partial charge >= 0.3 is 0 Å². The first-order valence-electron chi connectivity index (χ1n) is 6.18. The highest BCUT2D eigenvalue weighted by molar-refractivity contribution is 5.92. The lowest BCUT2D eigenvalue weighted by atomic mass is 9.96. The summed E-state index contributed by atoms with van der Waals surface area (Å²) in [7, 11) is 2.07. The van der Waals surface area contributed by atoms with Crippen molar-refractivity contribution in [3.63, 3.8) is 0 Å². The number of rotatable bonds is 2. The van der Waals surface area contributed by atoms with Crippen LogP contribution in [0.2, 0.25) is 0 Å². The van der Waals surface area contributed by atoms with Gasteiger partial charge in [0.2, 0.25) is 5.91 Å². The maximum atomic E-state index is 12.1. The predicted octanol–water partition coefficient (Wildman–Crippen LogP) is 1.84. The van der Waals surface area contributed by atoms with Gasteiger partial charge in [0.15, 0.2) is 0 Å². The Kier molecular flexibility index (Phi) is 3.96. The lowest BCUT2D eigenvalue weighted by Crippen LogP contribution is -2.35. The first-order chi connectivity index (χ1) is 8.69. The smallest absolute Gasteiger partial charge is 0.227 e. The van der Waals surface area contributed by atoms with Crippen molar-refractivity contribution < 1.29 is 4.79 Å². The Hall–Kier alpha value is -1.86. The van der Waals surface area contributed by atoms with E-state index in [0.29, 0.717) is 11.3 Å². The average Bonchev–Trinajstić information content (AvgIpc) is 2.39. The fourth-order valence-corrected chi connectivity index (χ4v) is 2.18. The summed E-state index contributed by atoms with van der Waals surface area (Å²) >= 11 is 0. The summed E-state index contributed by atoms with van der Waals surface area (Å²) in [5.41, 5.74) is 1.27. The third-order valence-electron chi connectivity index (χ3n) is 3.35. The molecule has 4 heteroatoms. The third-order valence-corrected chi connectivity index (χ3v) is 3.35. The van der Waals surface area contributed by atoms with Crippen LogP contribution in [-0.2, 0) is 4.79 Å². The number of anilines is 1. The van der Waals surface area contributed by atoms with E-state index >= 15 is 0 Å². The Morgan fingerprint density at radius 3 is 2.83 bits per heavy atom. The van der Waals surface area contributed by atoms with E-state index in [4.69, 9.17) is 5.26 Å². The molecule has 1 heterocycles. The summed E-state index contributed by atoms with van der Waals surface area (Å²) in [6, 6.07) is 9.09. The Balaban J connectivity index is 1.96. The quantitative estimate of drug-likeness (QED) is 0.862. The molecule has 1 aromatic carbocycles. The van der Waals surface area contributed by atoms with Crippen molar-refractivity contribution in [2.45, 2.75) is 12.8 Å². The van der Waals surface area contributed by atoms with Gasteiger partial charge in [-0.15, -0.1) is 0 Å². The number of benzene rings is 1. The van der Waals surface area contributed by atoms with Gasteiger partial charge in [0.05, 0.1) is 11.6 Å². The lowest BCUT2D eigenvalue weighted by Gasteiger charge is -2.28. The lowest BCUT2D eigenvalue weighted by molar-refractivity contribution is -0.121. The number of likely N-dealkylation sites (tertiary alicyclic amines) is 1. The van der Waals surface area contributed by atoms with Crippen LogP contribution in [0.1, 0.15) is 18.4 Å². The molecule has 1 amide bonds. The first kappa shape index (κ1) is 12.6. The molecule has 2 rings (SSSR count). The van der Waals surface area contributed by atoms with Crippen molar-refractivity contribution in [2.75, 3.05) is 25.5 Å². The SMILES string of the molecule is CN1CCC(C(=O)Nc2cccc(C#N)c2)CC1. The zero-order valence-corrected chi connectivity index (χ0v) is 10.5. The van der Waals surface area contributed by atoms with Crippen LogP contribution >= 0.6 is 0 Å². The summed E-state index contributed by atoms with van der Waals surface area (Å²) in [6.07, 6.45) is 1.81. The summed E-state index contributed by atoms with van der Waals surface area (Å²) in [6.45, 7) is 1.94. The van der Waals surface area contributed by atoms with Gasteiger partial charge < -0.3 is 10.2 Å². The molecule has 4 nitrogen and oxygen atoms in total. The van der Waals surface area contributed by atoms with Crippen LogP contribution in [0.25, 0.3) is 0 Å². The molecule has 1 aromatic rings. The number of nitrogens with one attached hydrogen (secondary N) is 1. The van der Waals surface area contributed by atoms with E-state index < -0.39 is 0 Å². The largest absolute Gasteiger partial charge is 0.326 e. The second kappa shape index (κ2) is 5.65. The zero-order valence-electron chi connectivity index (χ0n) is 10.5. The van der Waals surface area contributed by atoms with Gasteiger partial charge in [-0.1, -0.05) is 6.07 Å². The highest BCUT2D eigenvalue weighted by Crippen LogP contribution is 2.19. The molecule has 0 radical (unpaired) electrons. The van der Waals surface area contributed by atoms with Gasteiger partial charge in [-0.2, -0.15) is 5.26 Å². The molecule has 0 aliphatic carbocycles. The minimum atomic E-state index is 0.0678. The fraction of sp³-hybridized carbons (Fsp3) is 0.429. The van der Waals surface area contributed by atoms with E-state index in [0.717, 1.165) is 25.9 Å². The van der Waals surface area contributed by atoms with Crippen molar-refractivity contribution in [3.05, 3.63) is 29.8 Å². The van der Waals surface area contributed by atoms with Crippen LogP contribution in [-0.4, -0.2) is 30.9 Å². The molecule has 0 unspecified atom stereocenters. The zero-order chi connectivity index (χ0) is 13.0. The van der Waals surface area contributed by atoms with Crippen LogP contribution in [0.15, 0.2) is 24.3 Å². The van der Waals surface area contributed by atoms with Crippen LogP contribution in [0.5, 0.6) is 0 Å². The number of nitriles is 1. The van der Waals surface area contributed by atoms with Crippen LogP contribution < -0.4 is 5.32 Å². The summed E-state index contributed by atoms with van der Waals surface area (Å²) in [4.78, 5) is 14.3. The molecule has 0 saturated carbocycles. The Morgan fingerprint density at radius 2 is 2.17 bits per heavy atom. The summed E-state index contributed by atoms with van der Waals surface area (Å²) in [5.74, 6) is 0.158. The normalized spacial score (nSPS) is 17.1. The highest BCUT2D eigenvalue weighted by Gasteiger charge is 2.23. The maximum absolute atomic E-state index is 12.1. The summed E-state index contributed by atoms with van der Waals surface area (Å²) < 4.78 is 0. The molecule has 94 valence electrons. The van der Waals surface area contributed by atoms with Crippen molar-refractivity contribution in [1.82, 2.24) is 4.90 Å². The molecule has 0 bridgehead atoms. The van der Waals surface area contributed by atoms with Gasteiger partial charge in [-0.25, -0.2) is 0 Å². The van der Waals surface area contributed by atoms with Gasteiger partial charge in [-0.05, 0) is 51.2 Å². The molecule has 18 heavy (non-hydrogen) atoms. The minimum absolute atomic E-state index is 0.0678. The second-order valence-electron chi connectivity index (χ2n) is 4.76. The van der Waals surface area contributed by atoms with E-state index in [1.807, 2.05) is 6.07 Å². The number of carbonyl (C=O) groups is 1. The van der Waals surface area contributed by atoms with E-state index in [2.05, 4.69) is 23.3 Å². The monoisotopic (exact) mass is 243 g/mol. The van der Waals surface area contributed by atoms with Gasteiger partial charge in [0.25, 0.3) is 0 Å². The molecule has 0 atom stereocenters. The Labute approximate surface area is 107 Å².